The van der Waals surface area contributed by atoms with Crippen molar-refractivity contribution in [3.05, 3.63) is 91.4 Å². The normalized spacial score (nSPS) is 14.5. The van der Waals surface area contributed by atoms with Gasteiger partial charge in [0.2, 0.25) is 0 Å². The Hall–Kier alpha value is -3.29. The number of allylic oxidation sites excluding steroid dienone is 4. The minimum atomic E-state index is -0.590. The number of hydrogen-bond donors (Lipinski definition) is 2. The van der Waals surface area contributed by atoms with Gasteiger partial charge in [0, 0.05) is 29.2 Å². The Balaban J connectivity index is 0.00000760. The number of benzene rings is 2. The zero-order chi connectivity index (χ0) is 28.9. The number of aryl methyl sites for hydroxylation is 6. The van der Waals surface area contributed by atoms with Crippen molar-refractivity contribution in [2.24, 2.45) is 9.98 Å². The second-order valence-electron chi connectivity index (χ2n) is 10.2. The molecule has 0 aliphatic heterocycles. The molecule has 2 rings (SSSR count). The fraction of sp³-hybridized carbons (Fsp3) is 0.375. The summed E-state index contributed by atoms with van der Waals surface area (Å²) in [4.78, 5) is 34.3. The van der Waals surface area contributed by atoms with E-state index in [9.17, 15) is 19.8 Å². The molecule has 2 atom stereocenters. The third kappa shape index (κ3) is 8.34. The average molecular weight is 576 g/mol. The van der Waals surface area contributed by atoms with E-state index in [1.165, 1.54) is 40.1 Å². The molecule has 6 nitrogen and oxygen atoms in total. The SMILES string of the molecule is CC(=O)C(C=N[C@@H](c1c(C)cc(C)cc1C)[C@@H](N=C/C(C(C)=O)=C(/C)O)c1c(C)cc(C)cc1C)=C(C)O.[Co]. The molecule has 39 heavy (non-hydrogen) atoms. The van der Waals surface area contributed by atoms with Gasteiger partial charge in [-0.15, -0.1) is 0 Å². The second-order valence-corrected chi connectivity index (χ2v) is 10.2. The van der Waals surface area contributed by atoms with Crippen molar-refractivity contribution < 1.29 is 36.6 Å². The van der Waals surface area contributed by atoms with E-state index in [0.717, 1.165) is 44.5 Å². The second kappa shape index (κ2) is 14.2. The van der Waals surface area contributed by atoms with Crippen molar-refractivity contribution in [1.82, 2.24) is 0 Å². The Bertz CT molecular complexity index is 1220. The summed E-state index contributed by atoms with van der Waals surface area (Å²) in [6.45, 7) is 17.8. The maximum Gasteiger partial charge on any atom is 0.164 e. The smallest absolute Gasteiger partial charge is 0.164 e. The van der Waals surface area contributed by atoms with Crippen LogP contribution in [0.2, 0.25) is 0 Å². The fourth-order valence-corrected chi connectivity index (χ4v) is 5.13. The number of hydrogen-bond acceptors (Lipinski definition) is 6. The molecule has 0 aliphatic rings. The fourth-order valence-electron chi connectivity index (χ4n) is 5.13. The molecule has 0 aliphatic carbocycles. The molecule has 0 fully saturated rings. The van der Waals surface area contributed by atoms with Gasteiger partial charge < -0.3 is 10.2 Å². The van der Waals surface area contributed by atoms with E-state index in [1.54, 1.807) is 0 Å². The standard InChI is InChI=1S/C32H40N2O4.Co/c1-17-11-19(3)29(20(4)12-17)31(33-15-27(23(7)35)24(8)36)32(34-16-28(25(9)37)26(10)38)30-21(5)13-18(2)14-22(30)6;/h11-16,31-32,35,37H,1-10H3;/b27-23+,28-25?,33-15?,34-16?;/t31-,32-;/m0./s1. The van der Waals surface area contributed by atoms with Gasteiger partial charge in [0.25, 0.3) is 0 Å². The minimum absolute atomic E-state index is 0. The molecule has 2 aromatic carbocycles. The Morgan fingerprint density at radius 2 is 0.872 bits per heavy atom. The van der Waals surface area contributed by atoms with Gasteiger partial charge in [-0.25, -0.2) is 0 Å². The Morgan fingerprint density at radius 3 is 1.08 bits per heavy atom. The molecule has 211 valence electrons. The van der Waals surface area contributed by atoms with Gasteiger partial charge >= 0.3 is 0 Å². The summed E-state index contributed by atoms with van der Waals surface area (Å²) in [5.41, 5.74) is 8.42. The van der Waals surface area contributed by atoms with E-state index in [-0.39, 0.29) is 51.0 Å². The predicted octanol–water partition coefficient (Wildman–Crippen LogP) is 7.30. The molecule has 0 saturated carbocycles. The van der Waals surface area contributed by atoms with Crippen LogP contribution in [0, 0.1) is 41.5 Å². The molecule has 0 heterocycles. The van der Waals surface area contributed by atoms with Gasteiger partial charge in [-0.2, -0.15) is 0 Å². The number of carbonyl (C=O) groups is 2. The molecule has 2 aromatic rings. The Kier molecular flexibility index (Phi) is 12.3. The molecule has 2 N–H and O–H groups in total. The number of nitrogens with zero attached hydrogens (tertiary/aromatic N) is 2. The largest absolute Gasteiger partial charge is 0.512 e. The number of Topliss-reactive ketones (excluding diaryl/α,β-unsaturated/α-hetero) is 2. The van der Waals surface area contributed by atoms with Gasteiger partial charge in [-0.05, 0) is 103 Å². The molecular formula is C32H40CoN2O4. The molecule has 0 saturated heterocycles. The Morgan fingerprint density at radius 1 is 0.615 bits per heavy atom. The van der Waals surface area contributed by atoms with Crippen molar-refractivity contribution in [2.75, 3.05) is 0 Å². The van der Waals surface area contributed by atoms with Crippen LogP contribution in [-0.4, -0.2) is 34.2 Å². The molecule has 7 heteroatoms. The molecule has 0 amide bonds. The first-order valence-electron chi connectivity index (χ1n) is 12.7. The van der Waals surface area contributed by atoms with Crippen LogP contribution in [0.5, 0.6) is 0 Å². The summed E-state index contributed by atoms with van der Waals surface area (Å²) in [6, 6.07) is 7.15. The van der Waals surface area contributed by atoms with E-state index in [0.29, 0.717) is 0 Å². The summed E-state index contributed by atoms with van der Waals surface area (Å²) >= 11 is 0. The maximum absolute atomic E-state index is 12.3. The number of aliphatic imine (C=N–C) groups is 2. The van der Waals surface area contributed by atoms with Gasteiger partial charge in [-0.1, -0.05) is 35.4 Å². The van der Waals surface area contributed by atoms with Crippen molar-refractivity contribution in [1.29, 1.82) is 0 Å². The van der Waals surface area contributed by atoms with E-state index in [2.05, 4.69) is 24.3 Å². The van der Waals surface area contributed by atoms with Crippen LogP contribution in [-0.2, 0) is 26.4 Å². The van der Waals surface area contributed by atoms with Crippen LogP contribution >= 0.6 is 0 Å². The average Bonchev–Trinajstić information content (AvgIpc) is 2.74. The zero-order valence-electron chi connectivity index (χ0n) is 24.6. The van der Waals surface area contributed by atoms with Crippen LogP contribution < -0.4 is 0 Å². The summed E-state index contributed by atoms with van der Waals surface area (Å²) in [5.74, 6) is -0.828. The number of aliphatic hydroxyl groups excluding tert-OH is 2. The summed E-state index contributed by atoms with van der Waals surface area (Å²) in [5, 5.41) is 20.3. The van der Waals surface area contributed by atoms with Gasteiger partial charge in [0.15, 0.2) is 11.6 Å². The van der Waals surface area contributed by atoms with Gasteiger partial charge in [0.1, 0.15) is 23.6 Å². The number of carbonyl (C=O) groups excluding carboxylic acids is 2. The van der Waals surface area contributed by atoms with Crippen molar-refractivity contribution in [3.8, 4) is 0 Å². The van der Waals surface area contributed by atoms with Crippen LogP contribution in [0.4, 0.5) is 0 Å². The summed E-state index contributed by atoms with van der Waals surface area (Å²) < 4.78 is 0. The van der Waals surface area contributed by atoms with Gasteiger partial charge in [-0.3, -0.25) is 19.6 Å². The molecule has 0 bridgehead atoms. The molecular weight excluding hydrogens is 535 g/mol. The maximum atomic E-state index is 12.3. The monoisotopic (exact) mass is 575 g/mol. The first kappa shape index (κ1) is 33.7. The number of aliphatic hydroxyl groups is 2. The zero-order valence-corrected chi connectivity index (χ0v) is 25.6. The number of rotatable bonds is 9. The summed E-state index contributed by atoms with van der Waals surface area (Å²) in [6.07, 6.45) is 2.84. The predicted molar refractivity (Wildman–Crippen MR) is 156 cm³/mol. The topological polar surface area (TPSA) is 99.3 Å². The van der Waals surface area contributed by atoms with Crippen LogP contribution in [0.3, 0.4) is 0 Å². The molecule has 1 radical (unpaired) electrons. The molecule has 0 spiro atoms. The van der Waals surface area contributed by atoms with Gasteiger partial charge in [0.05, 0.1) is 11.1 Å². The van der Waals surface area contributed by atoms with Crippen LogP contribution in [0.15, 0.2) is 56.9 Å². The van der Waals surface area contributed by atoms with Crippen LogP contribution in [0.25, 0.3) is 0 Å². The third-order valence-electron chi connectivity index (χ3n) is 6.63. The first-order valence-corrected chi connectivity index (χ1v) is 12.7. The molecule has 0 unspecified atom stereocenters. The van der Waals surface area contributed by atoms with Crippen molar-refractivity contribution >= 4 is 24.0 Å². The van der Waals surface area contributed by atoms with Crippen molar-refractivity contribution in [3.63, 3.8) is 0 Å². The quantitative estimate of drug-likeness (QED) is 0.186. The number of ketones is 2. The van der Waals surface area contributed by atoms with Crippen molar-refractivity contribution in [2.45, 2.75) is 81.3 Å². The van der Waals surface area contributed by atoms with E-state index in [4.69, 9.17) is 9.98 Å². The Labute approximate surface area is 242 Å². The van der Waals surface area contributed by atoms with Crippen LogP contribution in [0.1, 0.15) is 84.3 Å². The first-order chi connectivity index (χ1) is 17.6. The van der Waals surface area contributed by atoms with E-state index in [1.807, 2.05) is 41.5 Å². The van der Waals surface area contributed by atoms with E-state index >= 15 is 0 Å². The third-order valence-corrected chi connectivity index (χ3v) is 6.63. The molecule has 0 aromatic heterocycles. The summed E-state index contributed by atoms with van der Waals surface area (Å²) in [7, 11) is 0. The van der Waals surface area contributed by atoms with E-state index < -0.39 is 12.1 Å². The minimum Gasteiger partial charge on any atom is -0.512 e.